The Morgan fingerprint density at radius 3 is 2.78 bits per heavy atom. The van der Waals surface area contributed by atoms with Gasteiger partial charge in [0.2, 0.25) is 0 Å². The second kappa shape index (κ2) is 4.04. The van der Waals surface area contributed by atoms with Crippen molar-refractivity contribution in [3.63, 3.8) is 0 Å². The number of alkyl halides is 3. The zero-order valence-corrected chi connectivity index (χ0v) is 9.85. The van der Waals surface area contributed by atoms with Crippen molar-refractivity contribution in [3.05, 3.63) is 35.5 Å². The molecule has 0 radical (unpaired) electrons. The minimum absolute atomic E-state index is 0.402. The maximum Gasteiger partial charge on any atom is 0.389 e. The van der Waals surface area contributed by atoms with Crippen molar-refractivity contribution in [1.29, 1.82) is 0 Å². The zero-order chi connectivity index (χ0) is 12.8. The molecule has 1 atom stereocenters. The lowest BCUT2D eigenvalue weighted by molar-refractivity contribution is -0.139. The summed E-state index contributed by atoms with van der Waals surface area (Å²) in [5, 5.41) is 1.08. The third-order valence-electron chi connectivity index (χ3n) is 3.71. The first-order valence-corrected chi connectivity index (χ1v) is 6.21. The molecule has 1 nitrogen and oxygen atoms in total. The molecule has 0 spiro atoms. The number of H-pyrrole nitrogens is 1. The third kappa shape index (κ3) is 2.00. The molecular weight excluding hydrogens is 239 g/mol. The number of aryl methyl sites for hydroxylation is 1. The van der Waals surface area contributed by atoms with Crippen molar-refractivity contribution >= 4 is 10.9 Å². The summed E-state index contributed by atoms with van der Waals surface area (Å²) in [5.74, 6) is -0.402. The van der Waals surface area contributed by atoms with Crippen LogP contribution in [0.25, 0.3) is 10.9 Å². The van der Waals surface area contributed by atoms with E-state index in [0.717, 1.165) is 35.0 Å². The maximum atomic E-state index is 12.6. The highest BCUT2D eigenvalue weighted by atomic mass is 19.4. The van der Waals surface area contributed by atoms with Crippen LogP contribution >= 0.6 is 0 Å². The number of para-hydroxylation sites is 1. The molecule has 0 aliphatic heterocycles. The van der Waals surface area contributed by atoms with Crippen LogP contribution in [-0.4, -0.2) is 11.2 Å². The molecule has 1 aliphatic rings. The third-order valence-corrected chi connectivity index (χ3v) is 3.71. The Hall–Kier alpha value is -1.45. The van der Waals surface area contributed by atoms with Gasteiger partial charge < -0.3 is 4.98 Å². The highest BCUT2D eigenvalue weighted by Gasteiger charge is 2.35. The maximum absolute atomic E-state index is 12.6. The molecule has 1 N–H and O–H groups in total. The number of nitrogens with one attached hydrogen (secondary N) is 1. The summed E-state index contributed by atoms with van der Waals surface area (Å²) < 4.78 is 37.7. The lowest BCUT2D eigenvalue weighted by Gasteiger charge is -2.23. The SMILES string of the molecule is FC(F)(F)CC1CCCc2c1[nH]c1ccccc21. The van der Waals surface area contributed by atoms with Crippen molar-refractivity contribution in [3.8, 4) is 0 Å². The van der Waals surface area contributed by atoms with Crippen molar-refractivity contribution in [2.75, 3.05) is 0 Å². The highest BCUT2D eigenvalue weighted by molar-refractivity contribution is 5.85. The van der Waals surface area contributed by atoms with Gasteiger partial charge in [-0.25, -0.2) is 0 Å². The van der Waals surface area contributed by atoms with Gasteiger partial charge in [-0.15, -0.1) is 0 Å². The molecule has 0 bridgehead atoms. The van der Waals surface area contributed by atoms with Gasteiger partial charge in [-0.2, -0.15) is 13.2 Å². The quantitative estimate of drug-likeness (QED) is 0.768. The fourth-order valence-electron chi connectivity index (χ4n) is 2.99. The molecule has 96 valence electrons. The van der Waals surface area contributed by atoms with E-state index in [9.17, 15) is 13.2 Å². The summed E-state index contributed by atoms with van der Waals surface area (Å²) in [6.07, 6.45) is -2.45. The molecule has 0 amide bonds. The number of fused-ring (bicyclic) bond motifs is 3. The lowest BCUT2D eigenvalue weighted by Crippen LogP contribution is -2.18. The molecule has 1 aromatic heterocycles. The Morgan fingerprint density at radius 1 is 1.22 bits per heavy atom. The minimum atomic E-state index is -4.09. The first-order valence-electron chi connectivity index (χ1n) is 6.21. The zero-order valence-electron chi connectivity index (χ0n) is 9.85. The van der Waals surface area contributed by atoms with Gasteiger partial charge in [0.05, 0.1) is 6.42 Å². The van der Waals surface area contributed by atoms with Gasteiger partial charge in [0.1, 0.15) is 0 Å². The highest BCUT2D eigenvalue weighted by Crippen LogP contribution is 2.41. The predicted molar refractivity (Wildman–Crippen MR) is 64.6 cm³/mol. The van der Waals surface area contributed by atoms with Gasteiger partial charge in [-0.05, 0) is 30.9 Å². The second-order valence-corrected chi connectivity index (χ2v) is 4.97. The molecule has 3 rings (SSSR count). The Bertz CT molecular complexity index is 568. The Morgan fingerprint density at radius 2 is 2.00 bits per heavy atom. The standard InChI is InChI=1S/C14H14F3N/c15-14(16,17)8-9-4-3-6-11-10-5-1-2-7-12(10)18-13(9)11/h1-2,5,7,9,18H,3-4,6,8H2. The van der Waals surface area contributed by atoms with Gasteiger partial charge in [0, 0.05) is 22.5 Å². The van der Waals surface area contributed by atoms with Crippen LogP contribution < -0.4 is 0 Å². The number of benzene rings is 1. The first-order chi connectivity index (χ1) is 8.54. The van der Waals surface area contributed by atoms with E-state index in [1.54, 1.807) is 0 Å². The molecule has 0 saturated heterocycles. The van der Waals surface area contributed by atoms with Crippen LogP contribution in [0.4, 0.5) is 13.2 Å². The van der Waals surface area contributed by atoms with E-state index in [0.29, 0.717) is 6.42 Å². The fraction of sp³-hybridized carbons (Fsp3) is 0.429. The molecule has 18 heavy (non-hydrogen) atoms. The smallest absolute Gasteiger partial charge is 0.358 e. The van der Waals surface area contributed by atoms with Crippen molar-refractivity contribution < 1.29 is 13.2 Å². The predicted octanol–water partition coefficient (Wildman–Crippen LogP) is 4.54. The Kier molecular flexibility index (Phi) is 2.61. The van der Waals surface area contributed by atoms with Gasteiger partial charge >= 0.3 is 6.18 Å². The normalized spacial score (nSPS) is 20.1. The molecule has 1 aliphatic carbocycles. The van der Waals surface area contributed by atoms with E-state index in [1.807, 2.05) is 24.3 Å². The topological polar surface area (TPSA) is 15.8 Å². The van der Waals surface area contributed by atoms with Crippen LogP contribution in [0.15, 0.2) is 24.3 Å². The van der Waals surface area contributed by atoms with Gasteiger partial charge in [0.25, 0.3) is 0 Å². The summed E-state index contributed by atoms with van der Waals surface area (Å²) in [5.41, 5.74) is 2.85. The molecule has 0 saturated carbocycles. The van der Waals surface area contributed by atoms with Crippen LogP contribution in [0, 0.1) is 0 Å². The molecule has 4 heteroatoms. The Balaban J connectivity index is 2.05. The van der Waals surface area contributed by atoms with Crippen LogP contribution in [0.1, 0.15) is 36.4 Å². The van der Waals surface area contributed by atoms with Crippen LogP contribution in [0.5, 0.6) is 0 Å². The number of halogens is 3. The van der Waals surface area contributed by atoms with Crippen molar-refractivity contribution in [1.82, 2.24) is 4.98 Å². The Labute approximate surface area is 103 Å². The van der Waals surface area contributed by atoms with Gasteiger partial charge in [-0.1, -0.05) is 18.2 Å². The molecular formula is C14H14F3N. The number of rotatable bonds is 1. The van der Waals surface area contributed by atoms with E-state index >= 15 is 0 Å². The van der Waals surface area contributed by atoms with Gasteiger partial charge in [0.15, 0.2) is 0 Å². The van der Waals surface area contributed by atoms with E-state index in [4.69, 9.17) is 0 Å². The van der Waals surface area contributed by atoms with Crippen LogP contribution in [0.3, 0.4) is 0 Å². The number of aromatic nitrogens is 1. The second-order valence-electron chi connectivity index (χ2n) is 4.97. The summed E-state index contributed by atoms with van der Waals surface area (Å²) >= 11 is 0. The number of aromatic amines is 1. The molecule has 1 unspecified atom stereocenters. The number of hydrogen-bond donors (Lipinski definition) is 1. The van der Waals surface area contributed by atoms with E-state index in [-0.39, 0.29) is 0 Å². The summed E-state index contributed by atoms with van der Waals surface area (Å²) in [6, 6.07) is 7.76. The van der Waals surface area contributed by atoms with Crippen molar-refractivity contribution in [2.45, 2.75) is 37.8 Å². The van der Waals surface area contributed by atoms with Crippen molar-refractivity contribution in [2.24, 2.45) is 0 Å². The minimum Gasteiger partial charge on any atom is -0.358 e. The lowest BCUT2D eigenvalue weighted by atomic mass is 9.85. The summed E-state index contributed by atoms with van der Waals surface area (Å²) in [4.78, 5) is 3.19. The largest absolute Gasteiger partial charge is 0.389 e. The average Bonchev–Trinajstić information content (AvgIpc) is 2.67. The summed E-state index contributed by atoms with van der Waals surface area (Å²) in [7, 11) is 0. The first kappa shape index (κ1) is 11.6. The van der Waals surface area contributed by atoms with Gasteiger partial charge in [-0.3, -0.25) is 0 Å². The molecule has 2 aromatic rings. The molecule has 1 aromatic carbocycles. The van der Waals surface area contributed by atoms with Crippen LogP contribution in [-0.2, 0) is 6.42 Å². The molecule has 0 fully saturated rings. The van der Waals surface area contributed by atoms with E-state index in [2.05, 4.69) is 4.98 Å². The fourth-order valence-corrected chi connectivity index (χ4v) is 2.99. The number of hydrogen-bond acceptors (Lipinski definition) is 0. The van der Waals surface area contributed by atoms with E-state index in [1.165, 1.54) is 0 Å². The average molecular weight is 253 g/mol. The monoisotopic (exact) mass is 253 g/mol. The molecule has 1 heterocycles. The van der Waals surface area contributed by atoms with Crippen LogP contribution in [0.2, 0.25) is 0 Å². The summed E-state index contributed by atoms with van der Waals surface area (Å²) in [6.45, 7) is 0. The van der Waals surface area contributed by atoms with E-state index < -0.39 is 18.5 Å².